The van der Waals surface area contributed by atoms with Crippen molar-refractivity contribution in [3.8, 4) is 0 Å². The van der Waals surface area contributed by atoms with Crippen LogP contribution in [0.2, 0.25) is 0 Å². The number of carboxylic acids is 2. The first-order valence-electron chi connectivity index (χ1n) is 4.66. The minimum atomic E-state index is -0.893. The molecule has 0 aromatic carbocycles. The Morgan fingerprint density at radius 2 is 1.79 bits per heavy atom. The summed E-state index contributed by atoms with van der Waals surface area (Å²) < 4.78 is 0. The Morgan fingerprint density at radius 1 is 1.14 bits per heavy atom. The van der Waals surface area contributed by atoms with Gasteiger partial charge in [0.1, 0.15) is 0 Å². The Hall–Kier alpha value is -1.32. The fourth-order valence-electron chi connectivity index (χ4n) is 1.00. The molecule has 80 valence electrons. The fraction of sp³-hybridized carbons (Fsp3) is 0.600. The first kappa shape index (κ1) is 12.7. The van der Waals surface area contributed by atoms with E-state index in [0.717, 1.165) is 12.8 Å². The van der Waals surface area contributed by atoms with Crippen molar-refractivity contribution in [1.29, 1.82) is 0 Å². The standard InChI is InChI=1S/C10H16O4/c1-8(10(13)14)6-4-2-3-5-7-9(11)12/h6H,2-5,7H2,1H3,(H,11,12)(H,13,14)/b8-6-. The lowest BCUT2D eigenvalue weighted by Crippen LogP contribution is -1.96. The molecule has 0 heterocycles. The zero-order valence-corrected chi connectivity index (χ0v) is 8.32. The van der Waals surface area contributed by atoms with Gasteiger partial charge in [0.05, 0.1) is 0 Å². The maximum absolute atomic E-state index is 10.4. The molecule has 0 aliphatic heterocycles. The van der Waals surface area contributed by atoms with Crippen molar-refractivity contribution in [2.45, 2.75) is 39.0 Å². The number of carboxylic acid groups (broad SMARTS) is 2. The number of allylic oxidation sites excluding steroid dienone is 1. The van der Waals surface area contributed by atoms with Crippen molar-refractivity contribution in [2.75, 3.05) is 0 Å². The minimum Gasteiger partial charge on any atom is -0.481 e. The van der Waals surface area contributed by atoms with Gasteiger partial charge in [-0.05, 0) is 26.2 Å². The molecule has 0 aliphatic carbocycles. The number of unbranched alkanes of at least 4 members (excludes halogenated alkanes) is 3. The fourth-order valence-corrected chi connectivity index (χ4v) is 1.00. The van der Waals surface area contributed by atoms with Crippen LogP contribution < -0.4 is 0 Å². The lowest BCUT2D eigenvalue weighted by molar-refractivity contribution is -0.137. The molecule has 0 unspecified atom stereocenters. The molecular weight excluding hydrogens is 184 g/mol. The van der Waals surface area contributed by atoms with Crippen LogP contribution >= 0.6 is 0 Å². The van der Waals surface area contributed by atoms with Gasteiger partial charge in [-0.3, -0.25) is 4.79 Å². The van der Waals surface area contributed by atoms with Crippen LogP contribution in [0.15, 0.2) is 11.6 Å². The van der Waals surface area contributed by atoms with Crippen molar-refractivity contribution in [3.05, 3.63) is 11.6 Å². The van der Waals surface area contributed by atoms with Crippen molar-refractivity contribution in [2.24, 2.45) is 0 Å². The molecule has 4 nitrogen and oxygen atoms in total. The third kappa shape index (κ3) is 7.34. The van der Waals surface area contributed by atoms with Gasteiger partial charge >= 0.3 is 11.9 Å². The van der Waals surface area contributed by atoms with Gasteiger partial charge in [0, 0.05) is 12.0 Å². The van der Waals surface area contributed by atoms with Gasteiger partial charge in [-0.1, -0.05) is 12.5 Å². The summed E-state index contributed by atoms with van der Waals surface area (Å²) in [5.41, 5.74) is 0.350. The molecule has 4 heteroatoms. The van der Waals surface area contributed by atoms with E-state index in [1.807, 2.05) is 0 Å². The number of hydrogen-bond acceptors (Lipinski definition) is 2. The highest BCUT2D eigenvalue weighted by molar-refractivity contribution is 5.85. The smallest absolute Gasteiger partial charge is 0.330 e. The Morgan fingerprint density at radius 3 is 2.29 bits per heavy atom. The van der Waals surface area contributed by atoms with E-state index in [9.17, 15) is 9.59 Å². The molecule has 0 rings (SSSR count). The van der Waals surface area contributed by atoms with Gasteiger partial charge in [-0.15, -0.1) is 0 Å². The number of carbonyl (C=O) groups is 2. The predicted molar refractivity (Wildman–Crippen MR) is 52.1 cm³/mol. The zero-order valence-electron chi connectivity index (χ0n) is 8.32. The molecule has 0 atom stereocenters. The highest BCUT2D eigenvalue weighted by atomic mass is 16.4. The van der Waals surface area contributed by atoms with Gasteiger partial charge < -0.3 is 10.2 Å². The van der Waals surface area contributed by atoms with Gasteiger partial charge in [-0.25, -0.2) is 4.79 Å². The normalized spacial score (nSPS) is 11.4. The number of hydrogen-bond donors (Lipinski definition) is 2. The van der Waals surface area contributed by atoms with E-state index in [-0.39, 0.29) is 6.42 Å². The van der Waals surface area contributed by atoms with Crippen LogP contribution in [0, 0.1) is 0 Å². The molecule has 0 saturated heterocycles. The lowest BCUT2D eigenvalue weighted by atomic mass is 10.1. The van der Waals surface area contributed by atoms with E-state index in [1.165, 1.54) is 0 Å². The van der Waals surface area contributed by atoms with Crippen molar-refractivity contribution < 1.29 is 19.8 Å². The number of aliphatic carboxylic acids is 2. The molecular formula is C10H16O4. The van der Waals surface area contributed by atoms with Crippen LogP contribution in [0.3, 0.4) is 0 Å². The quantitative estimate of drug-likeness (QED) is 0.487. The van der Waals surface area contributed by atoms with Crippen LogP contribution in [0.5, 0.6) is 0 Å². The average molecular weight is 200 g/mol. The van der Waals surface area contributed by atoms with E-state index < -0.39 is 11.9 Å². The molecule has 0 aliphatic rings. The van der Waals surface area contributed by atoms with E-state index in [2.05, 4.69) is 0 Å². The Balaban J connectivity index is 3.42. The summed E-state index contributed by atoms with van der Waals surface area (Å²) in [4.78, 5) is 20.5. The van der Waals surface area contributed by atoms with Crippen LogP contribution in [-0.2, 0) is 9.59 Å². The summed E-state index contributed by atoms with van der Waals surface area (Å²) in [5, 5.41) is 16.9. The maximum Gasteiger partial charge on any atom is 0.330 e. The highest BCUT2D eigenvalue weighted by Crippen LogP contribution is 2.05. The van der Waals surface area contributed by atoms with E-state index in [1.54, 1.807) is 13.0 Å². The Labute approximate surface area is 83.2 Å². The Bertz CT molecular complexity index is 230. The van der Waals surface area contributed by atoms with E-state index in [0.29, 0.717) is 18.4 Å². The SMILES string of the molecule is C/C(=C/CCCCCC(=O)O)C(=O)O. The summed E-state index contributed by atoms with van der Waals surface area (Å²) in [6, 6.07) is 0. The van der Waals surface area contributed by atoms with Gasteiger partial charge in [-0.2, -0.15) is 0 Å². The molecule has 0 saturated carbocycles. The first-order chi connectivity index (χ1) is 6.54. The van der Waals surface area contributed by atoms with Crippen molar-refractivity contribution in [1.82, 2.24) is 0 Å². The molecule has 14 heavy (non-hydrogen) atoms. The first-order valence-corrected chi connectivity index (χ1v) is 4.66. The molecule has 0 aromatic heterocycles. The van der Waals surface area contributed by atoms with Gasteiger partial charge in [0.15, 0.2) is 0 Å². The second kappa shape index (κ2) is 7.12. The largest absolute Gasteiger partial charge is 0.481 e. The summed E-state index contributed by atoms with van der Waals surface area (Å²) in [6.45, 7) is 1.56. The van der Waals surface area contributed by atoms with Crippen molar-refractivity contribution in [3.63, 3.8) is 0 Å². The average Bonchev–Trinajstić information content (AvgIpc) is 2.09. The summed E-state index contributed by atoms with van der Waals surface area (Å²) in [6.07, 6.45) is 4.91. The molecule has 2 N–H and O–H groups in total. The van der Waals surface area contributed by atoms with Crippen LogP contribution in [0.4, 0.5) is 0 Å². The number of rotatable bonds is 7. The molecule has 0 radical (unpaired) electrons. The molecule has 0 bridgehead atoms. The van der Waals surface area contributed by atoms with Crippen LogP contribution in [-0.4, -0.2) is 22.2 Å². The highest BCUT2D eigenvalue weighted by Gasteiger charge is 1.98. The van der Waals surface area contributed by atoms with Gasteiger partial charge in [0.2, 0.25) is 0 Å². The third-order valence-corrected chi connectivity index (χ3v) is 1.88. The van der Waals surface area contributed by atoms with E-state index >= 15 is 0 Å². The third-order valence-electron chi connectivity index (χ3n) is 1.88. The van der Waals surface area contributed by atoms with Crippen LogP contribution in [0.1, 0.15) is 39.0 Å². The van der Waals surface area contributed by atoms with Crippen molar-refractivity contribution >= 4 is 11.9 Å². The van der Waals surface area contributed by atoms with E-state index in [4.69, 9.17) is 10.2 Å². The van der Waals surface area contributed by atoms with Crippen LogP contribution in [0.25, 0.3) is 0 Å². The minimum absolute atomic E-state index is 0.196. The summed E-state index contributed by atoms with van der Waals surface area (Å²) in [5.74, 6) is -1.67. The summed E-state index contributed by atoms with van der Waals surface area (Å²) in [7, 11) is 0. The molecule has 0 spiro atoms. The van der Waals surface area contributed by atoms with Gasteiger partial charge in [0.25, 0.3) is 0 Å². The molecule has 0 fully saturated rings. The lowest BCUT2D eigenvalue weighted by Gasteiger charge is -1.96. The second-order valence-electron chi connectivity index (χ2n) is 3.19. The predicted octanol–water partition coefficient (Wildman–Crippen LogP) is 2.05. The Kier molecular flexibility index (Phi) is 6.45. The zero-order chi connectivity index (χ0) is 11.0. The maximum atomic E-state index is 10.4. The summed E-state index contributed by atoms with van der Waals surface area (Å²) >= 11 is 0. The topological polar surface area (TPSA) is 74.6 Å². The molecule has 0 aromatic rings. The monoisotopic (exact) mass is 200 g/mol. The second-order valence-corrected chi connectivity index (χ2v) is 3.19. The molecule has 0 amide bonds.